The zero-order chi connectivity index (χ0) is 14.0. The van der Waals surface area contributed by atoms with Crippen molar-refractivity contribution in [3.05, 3.63) is 63.8 Å². The van der Waals surface area contributed by atoms with E-state index in [0.29, 0.717) is 0 Å². The van der Waals surface area contributed by atoms with Crippen LogP contribution in [0.4, 0.5) is 8.78 Å². The van der Waals surface area contributed by atoms with Crippen LogP contribution in [0, 0.1) is 18.6 Å². The first-order valence-corrected chi connectivity index (χ1v) is 5.71. The number of aromatic nitrogens is 2. The number of halogens is 2. The molecule has 1 aromatic heterocycles. The van der Waals surface area contributed by atoms with Crippen LogP contribution in [0.5, 0.6) is 0 Å². The number of benzene rings is 1. The molecule has 19 heavy (non-hydrogen) atoms. The van der Waals surface area contributed by atoms with Crippen LogP contribution in [0.25, 0.3) is 0 Å². The summed E-state index contributed by atoms with van der Waals surface area (Å²) in [6, 6.07) is 2.44. The predicted molar refractivity (Wildman–Crippen MR) is 66.5 cm³/mol. The quantitative estimate of drug-likeness (QED) is 0.915. The van der Waals surface area contributed by atoms with E-state index in [2.05, 4.69) is 4.98 Å². The first kappa shape index (κ1) is 13.4. The van der Waals surface area contributed by atoms with E-state index in [0.717, 1.165) is 17.7 Å². The molecule has 0 aliphatic rings. The lowest BCUT2D eigenvalue weighted by atomic mass is 10.1. The van der Waals surface area contributed by atoms with E-state index in [1.807, 2.05) is 0 Å². The van der Waals surface area contributed by atoms with Crippen molar-refractivity contribution in [2.75, 3.05) is 0 Å². The highest BCUT2D eigenvalue weighted by atomic mass is 19.1. The molecule has 6 heteroatoms. The van der Waals surface area contributed by atoms with Gasteiger partial charge in [0.1, 0.15) is 11.6 Å². The smallest absolute Gasteiger partial charge is 0.322 e. The van der Waals surface area contributed by atoms with Gasteiger partial charge >= 0.3 is 5.69 Å². The Kier molecular flexibility index (Phi) is 3.71. The van der Waals surface area contributed by atoms with Crippen LogP contribution >= 0.6 is 0 Å². The van der Waals surface area contributed by atoms with Crippen molar-refractivity contribution in [3.8, 4) is 0 Å². The molecule has 1 unspecified atom stereocenters. The first-order chi connectivity index (χ1) is 8.97. The van der Waals surface area contributed by atoms with Crippen molar-refractivity contribution in [1.82, 2.24) is 9.55 Å². The molecule has 1 aromatic carbocycles. The van der Waals surface area contributed by atoms with Crippen LogP contribution in [0.3, 0.4) is 0 Å². The molecule has 0 spiro atoms. The van der Waals surface area contributed by atoms with E-state index < -0.39 is 23.4 Å². The zero-order valence-electron chi connectivity index (χ0n) is 10.3. The monoisotopic (exact) mass is 265 g/mol. The van der Waals surface area contributed by atoms with E-state index >= 15 is 0 Å². The number of aryl methyl sites for hydroxylation is 1. The van der Waals surface area contributed by atoms with Crippen molar-refractivity contribution >= 4 is 0 Å². The Labute approximate surface area is 108 Å². The molecule has 0 radical (unpaired) electrons. The van der Waals surface area contributed by atoms with Crippen molar-refractivity contribution in [2.45, 2.75) is 19.5 Å². The van der Waals surface area contributed by atoms with E-state index in [1.165, 1.54) is 16.8 Å². The zero-order valence-corrected chi connectivity index (χ0v) is 10.3. The van der Waals surface area contributed by atoms with Gasteiger partial charge in [-0.25, -0.2) is 18.6 Å². The SMILES string of the molecule is Cc1cnc(=O)n(CC(N)c2ccc(F)cc2F)c1. The largest absolute Gasteiger partial charge is 0.347 e. The van der Waals surface area contributed by atoms with E-state index in [1.54, 1.807) is 13.1 Å². The Hall–Kier alpha value is -2.08. The number of nitrogens with zero attached hydrogens (tertiary/aromatic N) is 2. The van der Waals surface area contributed by atoms with Crippen molar-refractivity contribution in [3.63, 3.8) is 0 Å². The third-order valence-electron chi connectivity index (χ3n) is 2.74. The average molecular weight is 265 g/mol. The summed E-state index contributed by atoms with van der Waals surface area (Å²) in [4.78, 5) is 15.2. The first-order valence-electron chi connectivity index (χ1n) is 5.71. The molecule has 0 bridgehead atoms. The molecule has 0 saturated heterocycles. The highest BCUT2D eigenvalue weighted by Crippen LogP contribution is 2.17. The minimum atomic E-state index is -0.748. The number of nitrogens with two attached hydrogens (primary N) is 1. The number of hydrogen-bond donors (Lipinski definition) is 1. The van der Waals surface area contributed by atoms with Gasteiger partial charge < -0.3 is 5.73 Å². The highest BCUT2D eigenvalue weighted by Gasteiger charge is 2.13. The highest BCUT2D eigenvalue weighted by molar-refractivity contribution is 5.21. The minimum absolute atomic E-state index is 0.0794. The molecule has 0 amide bonds. The van der Waals surface area contributed by atoms with Crippen LogP contribution in [-0.4, -0.2) is 9.55 Å². The van der Waals surface area contributed by atoms with E-state index in [4.69, 9.17) is 5.73 Å². The molecule has 100 valence electrons. The Morgan fingerprint density at radius 3 is 2.84 bits per heavy atom. The van der Waals surface area contributed by atoms with Crippen LogP contribution in [0.15, 0.2) is 35.4 Å². The second kappa shape index (κ2) is 5.27. The molecule has 1 heterocycles. The Morgan fingerprint density at radius 2 is 2.16 bits per heavy atom. The summed E-state index contributed by atoms with van der Waals surface area (Å²) in [6.07, 6.45) is 3.04. The van der Waals surface area contributed by atoms with Gasteiger partial charge in [0.05, 0.1) is 6.04 Å². The summed E-state index contributed by atoms with van der Waals surface area (Å²) < 4.78 is 27.7. The maximum absolute atomic E-state index is 13.6. The molecule has 4 nitrogen and oxygen atoms in total. The Balaban J connectivity index is 2.28. The van der Waals surface area contributed by atoms with Gasteiger partial charge in [-0.2, -0.15) is 0 Å². The summed E-state index contributed by atoms with van der Waals surface area (Å²) in [7, 11) is 0. The van der Waals surface area contributed by atoms with E-state index in [-0.39, 0.29) is 12.1 Å². The molecule has 2 rings (SSSR count). The van der Waals surface area contributed by atoms with Gasteiger partial charge in [-0.3, -0.25) is 4.57 Å². The third-order valence-corrected chi connectivity index (χ3v) is 2.74. The minimum Gasteiger partial charge on any atom is -0.322 e. The summed E-state index contributed by atoms with van der Waals surface area (Å²) in [5, 5.41) is 0. The predicted octanol–water partition coefficient (Wildman–Crippen LogP) is 1.53. The van der Waals surface area contributed by atoms with Crippen LogP contribution in [0.2, 0.25) is 0 Å². The standard InChI is InChI=1S/C13H13F2N3O/c1-8-5-17-13(19)18(6-8)7-12(16)10-3-2-9(14)4-11(10)15/h2-6,12H,7,16H2,1H3. The molecule has 0 aliphatic heterocycles. The third kappa shape index (κ3) is 3.03. The molecule has 0 saturated carbocycles. The molecular weight excluding hydrogens is 252 g/mol. The summed E-state index contributed by atoms with van der Waals surface area (Å²) in [6.45, 7) is 1.86. The fourth-order valence-electron chi connectivity index (χ4n) is 1.81. The van der Waals surface area contributed by atoms with Gasteiger partial charge in [0.2, 0.25) is 0 Å². The fourth-order valence-corrected chi connectivity index (χ4v) is 1.81. The fraction of sp³-hybridized carbons (Fsp3) is 0.231. The van der Waals surface area contributed by atoms with E-state index in [9.17, 15) is 13.6 Å². The van der Waals surface area contributed by atoms with Gasteiger partial charge in [-0.05, 0) is 18.6 Å². The van der Waals surface area contributed by atoms with Crippen LogP contribution in [0.1, 0.15) is 17.2 Å². The van der Waals surface area contributed by atoms with Gasteiger partial charge in [-0.15, -0.1) is 0 Å². The molecular formula is C13H13F2N3O. The lowest BCUT2D eigenvalue weighted by molar-refractivity contribution is 0.509. The maximum Gasteiger partial charge on any atom is 0.347 e. The lowest BCUT2D eigenvalue weighted by Gasteiger charge is -2.14. The normalized spacial score (nSPS) is 12.4. The molecule has 2 aromatic rings. The van der Waals surface area contributed by atoms with Gasteiger partial charge in [0, 0.05) is 30.6 Å². The molecule has 0 aliphatic carbocycles. The maximum atomic E-state index is 13.6. The average Bonchev–Trinajstić information content (AvgIpc) is 2.33. The lowest BCUT2D eigenvalue weighted by Crippen LogP contribution is -2.28. The number of rotatable bonds is 3. The second-order valence-corrected chi connectivity index (χ2v) is 4.34. The Bertz CT molecular complexity index is 655. The molecule has 1 atom stereocenters. The summed E-state index contributed by atoms with van der Waals surface area (Å²) in [5.41, 5.74) is 6.35. The number of hydrogen-bond acceptors (Lipinski definition) is 3. The Morgan fingerprint density at radius 1 is 1.42 bits per heavy atom. The van der Waals surface area contributed by atoms with Crippen molar-refractivity contribution in [1.29, 1.82) is 0 Å². The van der Waals surface area contributed by atoms with Gasteiger partial charge in [0.15, 0.2) is 0 Å². The van der Waals surface area contributed by atoms with Crippen LogP contribution < -0.4 is 11.4 Å². The van der Waals surface area contributed by atoms with Crippen LogP contribution in [-0.2, 0) is 6.54 Å². The van der Waals surface area contributed by atoms with Crippen molar-refractivity contribution in [2.24, 2.45) is 5.73 Å². The molecule has 2 N–H and O–H groups in total. The second-order valence-electron chi connectivity index (χ2n) is 4.34. The van der Waals surface area contributed by atoms with Gasteiger partial charge in [0.25, 0.3) is 0 Å². The topological polar surface area (TPSA) is 60.9 Å². The van der Waals surface area contributed by atoms with Gasteiger partial charge in [-0.1, -0.05) is 6.07 Å². The molecule has 0 fully saturated rings. The summed E-state index contributed by atoms with van der Waals surface area (Å²) >= 11 is 0. The van der Waals surface area contributed by atoms with Crippen molar-refractivity contribution < 1.29 is 8.78 Å². The summed E-state index contributed by atoms with van der Waals surface area (Å²) in [5.74, 6) is -1.39.